The van der Waals surface area contributed by atoms with Crippen LogP contribution < -0.4 is 4.74 Å². The summed E-state index contributed by atoms with van der Waals surface area (Å²) in [5, 5.41) is 9.52. The van der Waals surface area contributed by atoms with Crippen molar-refractivity contribution in [1.82, 2.24) is 9.99 Å². The number of hydrogen-bond acceptors (Lipinski definition) is 5. The van der Waals surface area contributed by atoms with Crippen molar-refractivity contribution in [2.24, 2.45) is 5.10 Å². The number of rotatable bonds is 5. The Balaban J connectivity index is 1.59. The molecule has 166 valence electrons. The largest absolute Gasteiger partial charge is 0.494 e. The van der Waals surface area contributed by atoms with Crippen LogP contribution in [0.1, 0.15) is 45.7 Å². The molecule has 0 N–H and O–H groups in total. The number of nitrogens with zero attached hydrogens (tertiary/aromatic N) is 3. The SMILES string of the molecule is CCOc1ccc2nc(Cl)c([C@H]3CC(c4cccc(C)c4)=NN3C(=O)c3cccs3)cc2c1. The maximum Gasteiger partial charge on any atom is 0.284 e. The van der Waals surface area contributed by atoms with Gasteiger partial charge in [0.15, 0.2) is 0 Å². The first kappa shape index (κ1) is 21.6. The number of carbonyl (C=O) groups is 1. The second-order valence-electron chi connectivity index (χ2n) is 7.92. The van der Waals surface area contributed by atoms with Crippen molar-refractivity contribution in [3.63, 3.8) is 0 Å². The summed E-state index contributed by atoms with van der Waals surface area (Å²) in [6.45, 7) is 4.58. The van der Waals surface area contributed by atoms with E-state index in [1.807, 2.05) is 73.8 Å². The summed E-state index contributed by atoms with van der Waals surface area (Å²) in [6, 6.07) is 19.2. The van der Waals surface area contributed by atoms with Crippen LogP contribution in [-0.2, 0) is 0 Å². The quantitative estimate of drug-likeness (QED) is 0.304. The molecule has 1 atom stereocenters. The van der Waals surface area contributed by atoms with E-state index in [0.29, 0.717) is 23.1 Å². The van der Waals surface area contributed by atoms with E-state index in [1.54, 1.807) is 5.01 Å². The number of benzene rings is 2. The maximum atomic E-state index is 13.4. The van der Waals surface area contributed by atoms with Gasteiger partial charge in [-0.15, -0.1) is 11.3 Å². The summed E-state index contributed by atoms with van der Waals surface area (Å²) in [6.07, 6.45) is 0.554. The minimum atomic E-state index is -0.352. The fraction of sp³-hybridized carbons (Fsp3) is 0.192. The summed E-state index contributed by atoms with van der Waals surface area (Å²) in [5.41, 5.74) is 4.55. The first-order chi connectivity index (χ1) is 16.0. The van der Waals surface area contributed by atoms with E-state index in [-0.39, 0.29) is 11.9 Å². The molecule has 1 aliphatic heterocycles. The van der Waals surface area contributed by atoms with E-state index in [2.05, 4.69) is 11.1 Å². The van der Waals surface area contributed by atoms with Gasteiger partial charge in [-0.3, -0.25) is 4.79 Å². The topological polar surface area (TPSA) is 54.8 Å². The van der Waals surface area contributed by atoms with E-state index in [1.165, 1.54) is 11.3 Å². The number of aromatic nitrogens is 1. The van der Waals surface area contributed by atoms with Crippen LogP contribution in [-0.4, -0.2) is 28.2 Å². The van der Waals surface area contributed by atoms with Crippen molar-refractivity contribution in [3.8, 4) is 5.75 Å². The third kappa shape index (κ3) is 4.24. The van der Waals surface area contributed by atoms with Gasteiger partial charge in [0.25, 0.3) is 5.91 Å². The Morgan fingerprint density at radius 2 is 2.06 bits per heavy atom. The molecule has 0 radical (unpaired) electrons. The molecule has 4 aromatic rings. The normalized spacial score (nSPS) is 15.7. The number of thiophene rings is 1. The zero-order valence-corrected chi connectivity index (χ0v) is 19.9. The minimum Gasteiger partial charge on any atom is -0.494 e. The van der Waals surface area contributed by atoms with Gasteiger partial charge in [0, 0.05) is 17.4 Å². The van der Waals surface area contributed by atoms with Crippen molar-refractivity contribution < 1.29 is 9.53 Å². The standard InChI is InChI=1S/C26H22ClN3O2S/c1-3-32-19-9-10-21-18(13-19)14-20(25(27)28-21)23-15-22(17-7-4-6-16(2)12-17)29-30(23)26(31)24-8-5-11-33-24/h4-14,23H,3,15H2,1-2H3/t23-/m1/s1. The molecule has 5 rings (SSSR count). The highest BCUT2D eigenvalue weighted by molar-refractivity contribution is 7.12. The van der Waals surface area contributed by atoms with E-state index in [0.717, 1.165) is 39.1 Å². The van der Waals surface area contributed by atoms with Crippen molar-refractivity contribution >= 4 is 45.5 Å². The fourth-order valence-corrected chi connectivity index (χ4v) is 5.02. The van der Waals surface area contributed by atoms with Gasteiger partial charge in [-0.2, -0.15) is 5.10 Å². The lowest BCUT2D eigenvalue weighted by Gasteiger charge is -2.22. The number of amides is 1. The highest BCUT2D eigenvalue weighted by atomic mass is 35.5. The third-order valence-corrected chi connectivity index (χ3v) is 6.80. The molecule has 0 saturated heterocycles. The van der Waals surface area contributed by atoms with Crippen LogP contribution >= 0.6 is 22.9 Å². The van der Waals surface area contributed by atoms with Crippen LogP contribution in [0.2, 0.25) is 5.15 Å². The lowest BCUT2D eigenvalue weighted by molar-refractivity contribution is 0.0716. The molecule has 7 heteroatoms. The van der Waals surface area contributed by atoms with Gasteiger partial charge in [-0.25, -0.2) is 9.99 Å². The van der Waals surface area contributed by atoms with Crippen LogP contribution in [0.25, 0.3) is 10.9 Å². The molecule has 0 fully saturated rings. The second kappa shape index (κ2) is 8.96. The maximum absolute atomic E-state index is 13.4. The second-order valence-corrected chi connectivity index (χ2v) is 9.22. The van der Waals surface area contributed by atoms with Crippen molar-refractivity contribution in [1.29, 1.82) is 0 Å². The number of hydrazone groups is 1. The summed E-state index contributed by atoms with van der Waals surface area (Å²) in [7, 11) is 0. The third-order valence-electron chi connectivity index (χ3n) is 5.64. The van der Waals surface area contributed by atoms with Crippen LogP contribution in [0.3, 0.4) is 0 Å². The monoisotopic (exact) mass is 475 g/mol. The number of halogens is 1. The Hall–Kier alpha value is -3.22. The van der Waals surface area contributed by atoms with E-state index in [4.69, 9.17) is 21.4 Å². The molecule has 1 aliphatic rings. The molecule has 0 unspecified atom stereocenters. The lowest BCUT2D eigenvalue weighted by Crippen LogP contribution is -2.26. The summed E-state index contributed by atoms with van der Waals surface area (Å²) < 4.78 is 5.66. The van der Waals surface area contributed by atoms with Crippen LogP contribution in [0.15, 0.2) is 71.1 Å². The zero-order chi connectivity index (χ0) is 22.9. The van der Waals surface area contributed by atoms with E-state index >= 15 is 0 Å². The summed E-state index contributed by atoms with van der Waals surface area (Å²) in [4.78, 5) is 18.6. The summed E-state index contributed by atoms with van der Waals surface area (Å²) in [5.74, 6) is 0.631. The Bertz CT molecular complexity index is 1370. The van der Waals surface area contributed by atoms with Gasteiger partial charge in [-0.05, 0) is 55.1 Å². The highest BCUT2D eigenvalue weighted by Gasteiger charge is 2.35. The molecule has 33 heavy (non-hydrogen) atoms. The molecule has 2 aromatic carbocycles. The molecular formula is C26H22ClN3O2S. The van der Waals surface area contributed by atoms with E-state index in [9.17, 15) is 4.79 Å². The smallest absolute Gasteiger partial charge is 0.284 e. The number of aryl methyl sites for hydroxylation is 1. The van der Waals surface area contributed by atoms with E-state index < -0.39 is 0 Å². The molecule has 0 saturated carbocycles. The van der Waals surface area contributed by atoms with Gasteiger partial charge in [0.05, 0.1) is 28.8 Å². The molecule has 0 bridgehead atoms. The fourth-order valence-electron chi connectivity index (χ4n) is 4.09. The predicted octanol–water partition coefficient (Wildman–Crippen LogP) is 6.65. The van der Waals surface area contributed by atoms with Crippen LogP contribution in [0, 0.1) is 6.92 Å². The first-order valence-corrected chi connectivity index (χ1v) is 12.0. The number of hydrogen-bond donors (Lipinski definition) is 0. The molecular weight excluding hydrogens is 454 g/mol. The van der Waals surface area contributed by atoms with Crippen molar-refractivity contribution in [2.75, 3.05) is 6.61 Å². The molecule has 1 amide bonds. The van der Waals surface area contributed by atoms with Gasteiger partial charge in [0.2, 0.25) is 0 Å². The predicted molar refractivity (Wildman–Crippen MR) is 133 cm³/mol. The van der Waals surface area contributed by atoms with Crippen LogP contribution in [0.5, 0.6) is 5.75 Å². The Morgan fingerprint density at radius 3 is 2.82 bits per heavy atom. The Morgan fingerprint density at radius 1 is 1.18 bits per heavy atom. The van der Waals surface area contributed by atoms with Gasteiger partial charge < -0.3 is 4.74 Å². The number of carbonyl (C=O) groups excluding carboxylic acids is 1. The molecule has 0 spiro atoms. The van der Waals surface area contributed by atoms with Gasteiger partial charge in [0.1, 0.15) is 10.9 Å². The minimum absolute atomic E-state index is 0.142. The first-order valence-electron chi connectivity index (χ1n) is 10.8. The van der Waals surface area contributed by atoms with Gasteiger partial charge >= 0.3 is 0 Å². The number of fused-ring (bicyclic) bond motifs is 1. The van der Waals surface area contributed by atoms with Crippen LogP contribution in [0.4, 0.5) is 0 Å². The molecule has 0 aliphatic carbocycles. The number of ether oxygens (including phenoxy) is 1. The average molecular weight is 476 g/mol. The zero-order valence-electron chi connectivity index (χ0n) is 18.3. The molecule has 2 aromatic heterocycles. The Kier molecular flexibility index (Phi) is 5.87. The van der Waals surface area contributed by atoms with Crippen molar-refractivity contribution in [2.45, 2.75) is 26.3 Å². The average Bonchev–Trinajstić information content (AvgIpc) is 3.49. The summed E-state index contributed by atoms with van der Waals surface area (Å²) >= 11 is 8.07. The number of pyridine rings is 1. The molecule has 5 nitrogen and oxygen atoms in total. The van der Waals surface area contributed by atoms with Gasteiger partial charge in [-0.1, -0.05) is 47.5 Å². The van der Waals surface area contributed by atoms with Crippen molar-refractivity contribution in [3.05, 3.63) is 92.8 Å². The molecule has 3 heterocycles. The highest BCUT2D eigenvalue weighted by Crippen LogP contribution is 2.38. The lowest BCUT2D eigenvalue weighted by atomic mass is 9.97. The Labute approximate surface area is 201 Å².